The monoisotopic (exact) mass is 371 g/mol. The van der Waals surface area contributed by atoms with Gasteiger partial charge in [-0.15, -0.1) is 0 Å². The number of nitriles is 1. The van der Waals surface area contributed by atoms with Gasteiger partial charge in [0.2, 0.25) is 5.69 Å². The fourth-order valence-electron chi connectivity index (χ4n) is 3.64. The maximum absolute atomic E-state index is 9.18. The van der Waals surface area contributed by atoms with Crippen LogP contribution in [0.5, 0.6) is 0 Å². The lowest BCUT2D eigenvalue weighted by molar-refractivity contribution is -0.659. The van der Waals surface area contributed by atoms with Crippen LogP contribution in [0.25, 0.3) is 33.2 Å². The lowest BCUT2D eigenvalue weighted by atomic mass is 10.0. The number of aromatic nitrogens is 1. The van der Waals surface area contributed by atoms with Gasteiger partial charge in [-0.25, -0.2) is 4.57 Å². The van der Waals surface area contributed by atoms with Crippen molar-refractivity contribution in [2.75, 3.05) is 0 Å². The molecule has 3 nitrogen and oxygen atoms in total. The summed E-state index contributed by atoms with van der Waals surface area (Å²) in [5.74, 6) is 0. The largest absolute Gasteiger partial charge is 0.455 e. The predicted octanol–water partition coefficient (Wildman–Crippen LogP) is 4.80. The number of benzene rings is 2. The lowest BCUT2D eigenvalue weighted by Crippen LogP contribution is -2.45. The summed E-state index contributed by atoms with van der Waals surface area (Å²) in [6.07, 6.45) is 2.26. The van der Waals surface area contributed by atoms with Crippen LogP contribution in [-0.4, -0.2) is 8.07 Å². The first kappa shape index (κ1) is 17.5. The van der Waals surface area contributed by atoms with Crippen molar-refractivity contribution in [3.05, 3.63) is 59.8 Å². The number of hydrogen-bond donors (Lipinski definition) is 0. The van der Waals surface area contributed by atoms with E-state index in [2.05, 4.69) is 74.7 Å². The Morgan fingerprint density at radius 3 is 2.41 bits per heavy atom. The summed E-state index contributed by atoms with van der Waals surface area (Å²) in [5.41, 5.74) is 5.70. The molecular formula is C23H23N2OSi+. The van der Waals surface area contributed by atoms with Gasteiger partial charge >= 0.3 is 0 Å². The molecule has 0 spiro atoms. The summed E-state index contributed by atoms with van der Waals surface area (Å²) >= 11 is 0. The molecule has 4 rings (SSSR count). The van der Waals surface area contributed by atoms with Gasteiger partial charge in [0.15, 0.2) is 6.20 Å². The molecule has 0 unspecified atom stereocenters. The zero-order valence-corrected chi connectivity index (χ0v) is 17.4. The standard InChI is InChI=1S/C23H23N2OSi/c1-15-6-9-19-18-10-7-16(13-24)12-21(18)26-23(19)22(15)20-11-8-17(14-25(20)2)27(3,4)5/h6-12,14H,1-5H3/q+1. The Morgan fingerprint density at radius 1 is 1.00 bits per heavy atom. The summed E-state index contributed by atoms with van der Waals surface area (Å²) in [5, 5.41) is 12.8. The molecule has 27 heavy (non-hydrogen) atoms. The van der Waals surface area contributed by atoms with Crippen LogP contribution in [-0.2, 0) is 7.05 Å². The number of furan rings is 1. The van der Waals surface area contributed by atoms with E-state index in [-0.39, 0.29) is 0 Å². The second-order valence-corrected chi connectivity index (χ2v) is 13.3. The van der Waals surface area contributed by atoms with E-state index in [9.17, 15) is 5.26 Å². The zero-order chi connectivity index (χ0) is 19.3. The van der Waals surface area contributed by atoms with Crippen LogP contribution >= 0.6 is 0 Å². The van der Waals surface area contributed by atoms with Gasteiger partial charge < -0.3 is 4.42 Å². The first-order chi connectivity index (χ1) is 12.8. The third-order valence-electron chi connectivity index (χ3n) is 5.23. The van der Waals surface area contributed by atoms with Gasteiger partial charge in [0, 0.05) is 22.0 Å². The molecule has 2 aromatic heterocycles. The second-order valence-electron chi connectivity index (χ2n) is 8.22. The second kappa shape index (κ2) is 6.07. The fraction of sp³-hybridized carbons (Fsp3) is 0.217. The van der Waals surface area contributed by atoms with Gasteiger partial charge in [0.1, 0.15) is 18.2 Å². The molecule has 2 heterocycles. The van der Waals surface area contributed by atoms with Crippen molar-refractivity contribution < 1.29 is 8.98 Å². The van der Waals surface area contributed by atoms with Crippen LogP contribution in [0.15, 0.2) is 53.1 Å². The first-order valence-corrected chi connectivity index (χ1v) is 12.7. The minimum Gasteiger partial charge on any atom is -0.455 e. The highest BCUT2D eigenvalue weighted by atomic mass is 28.3. The van der Waals surface area contributed by atoms with E-state index in [1.165, 1.54) is 10.8 Å². The molecule has 4 aromatic rings. The maximum Gasteiger partial charge on any atom is 0.216 e. The number of fused-ring (bicyclic) bond motifs is 3. The molecule has 0 atom stereocenters. The van der Waals surface area contributed by atoms with E-state index >= 15 is 0 Å². The van der Waals surface area contributed by atoms with Crippen molar-refractivity contribution in [3.63, 3.8) is 0 Å². The Morgan fingerprint density at radius 2 is 1.74 bits per heavy atom. The van der Waals surface area contributed by atoms with Crippen molar-refractivity contribution in [2.24, 2.45) is 7.05 Å². The van der Waals surface area contributed by atoms with Gasteiger partial charge in [-0.3, -0.25) is 0 Å². The molecular weight excluding hydrogens is 348 g/mol. The summed E-state index contributed by atoms with van der Waals surface area (Å²) in [6, 6.07) is 16.6. The lowest BCUT2D eigenvalue weighted by Gasteiger charge is -2.15. The topological polar surface area (TPSA) is 40.8 Å². The van der Waals surface area contributed by atoms with Gasteiger partial charge in [-0.1, -0.05) is 37.8 Å². The molecule has 0 aliphatic heterocycles. The van der Waals surface area contributed by atoms with Crippen LogP contribution in [0.3, 0.4) is 0 Å². The molecule has 0 amide bonds. The minimum absolute atomic E-state index is 0.616. The number of pyridine rings is 1. The molecule has 2 aromatic carbocycles. The van der Waals surface area contributed by atoms with E-state index in [1.807, 2.05) is 18.2 Å². The van der Waals surface area contributed by atoms with Gasteiger partial charge in [0.25, 0.3) is 0 Å². The van der Waals surface area contributed by atoms with E-state index in [0.717, 1.165) is 33.2 Å². The Bertz CT molecular complexity index is 1240. The molecule has 0 N–H and O–H groups in total. The van der Waals surface area contributed by atoms with Gasteiger partial charge in [-0.05, 0) is 30.7 Å². The maximum atomic E-state index is 9.18. The quantitative estimate of drug-likeness (QED) is 0.375. The third-order valence-corrected chi connectivity index (χ3v) is 7.26. The normalized spacial score (nSPS) is 11.9. The highest BCUT2D eigenvalue weighted by Crippen LogP contribution is 2.37. The van der Waals surface area contributed by atoms with Crippen molar-refractivity contribution in [3.8, 4) is 17.3 Å². The average molecular weight is 372 g/mol. The van der Waals surface area contributed by atoms with Crippen LogP contribution in [0.4, 0.5) is 0 Å². The molecule has 0 saturated carbocycles. The predicted molar refractivity (Wildman–Crippen MR) is 113 cm³/mol. The first-order valence-electron chi connectivity index (χ1n) is 9.16. The molecule has 0 aliphatic carbocycles. The van der Waals surface area contributed by atoms with E-state index in [0.29, 0.717) is 5.56 Å². The van der Waals surface area contributed by atoms with Crippen molar-refractivity contribution in [2.45, 2.75) is 26.6 Å². The summed E-state index contributed by atoms with van der Waals surface area (Å²) < 4.78 is 8.47. The molecule has 0 saturated heterocycles. The van der Waals surface area contributed by atoms with Crippen molar-refractivity contribution in [1.29, 1.82) is 5.26 Å². The SMILES string of the molecule is Cc1ccc2c(oc3cc(C#N)ccc32)c1-c1ccc([Si](C)(C)C)c[n+]1C. The average Bonchev–Trinajstić information content (AvgIpc) is 2.98. The molecule has 4 heteroatoms. The third kappa shape index (κ3) is 2.85. The Hall–Kier alpha value is -2.90. The number of hydrogen-bond acceptors (Lipinski definition) is 2. The molecule has 0 bridgehead atoms. The smallest absolute Gasteiger partial charge is 0.216 e. The van der Waals surface area contributed by atoms with Gasteiger partial charge in [0.05, 0.1) is 25.3 Å². The summed E-state index contributed by atoms with van der Waals surface area (Å²) in [6.45, 7) is 9.20. The van der Waals surface area contributed by atoms with Crippen LogP contribution in [0.1, 0.15) is 11.1 Å². The van der Waals surface area contributed by atoms with Crippen LogP contribution in [0, 0.1) is 18.3 Å². The molecule has 0 fully saturated rings. The van der Waals surface area contributed by atoms with Crippen LogP contribution in [0.2, 0.25) is 19.6 Å². The molecule has 134 valence electrons. The van der Waals surface area contributed by atoms with Crippen LogP contribution < -0.4 is 9.75 Å². The minimum atomic E-state index is -1.37. The summed E-state index contributed by atoms with van der Waals surface area (Å²) in [7, 11) is 0.737. The van der Waals surface area contributed by atoms with E-state index < -0.39 is 8.07 Å². The molecule has 0 radical (unpaired) electrons. The van der Waals surface area contributed by atoms with E-state index in [4.69, 9.17) is 4.42 Å². The number of rotatable bonds is 2. The fourth-order valence-corrected chi connectivity index (χ4v) is 4.80. The highest BCUT2D eigenvalue weighted by molar-refractivity contribution is 6.88. The van der Waals surface area contributed by atoms with Crippen molar-refractivity contribution in [1.82, 2.24) is 0 Å². The number of nitrogens with zero attached hydrogens (tertiary/aromatic N) is 2. The van der Waals surface area contributed by atoms with Crippen molar-refractivity contribution >= 4 is 35.2 Å². The zero-order valence-electron chi connectivity index (χ0n) is 16.4. The Labute approximate surface area is 160 Å². The summed E-state index contributed by atoms with van der Waals surface area (Å²) in [4.78, 5) is 0. The number of aryl methyl sites for hydroxylation is 2. The Balaban J connectivity index is 2.02. The molecule has 0 aliphatic rings. The van der Waals surface area contributed by atoms with Gasteiger partial charge in [-0.2, -0.15) is 5.26 Å². The highest BCUT2D eigenvalue weighted by Gasteiger charge is 2.24. The Kier molecular flexibility index (Phi) is 3.94. The van der Waals surface area contributed by atoms with E-state index in [1.54, 1.807) is 0 Å².